The largest absolute Gasteiger partial charge is 0.339 e. The summed E-state index contributed by atoms with van der Waals surface area (Å²) in [5.41, 5.74) is 3.76. The van der Waals surface area contributed by atoms with Crippen molar-refractivity contribution in [3.8, 4) is 0 Å². The van der Waals surface area contributed by atoms with Gasteiger partial charge in [0.25, 0.3) is 0 Å². The van der Waals surface area contributed by atoms with Crippen molar-refractivity contribution >= 4 is 21.8 Å². The van der Waals surface area contributed by atoms with Gasteiger partial charge in [-0.3, -0.25) is 4.98 Å². The van der Waals surface area contributed by atoms with Crippen LogP contribution >= 0.6 is 0 Å². The molecule has 0 aliphatic carbocycles. The lowest BCUT2D eigenvalue weighted by molar-refractivity contribution is 0.235. The van der Waals surface area contributed by atoms with Gasteiger partial charge in [-0.2, -0.15) is 0 Å². The normalized spacial score (nSPS) is 16.4. The van der Waals surface area contributed by atoms with E-state index in [9.17, 15) is 0 Å². The average Bonchev–Trinajstić information content (AvgIpc) is 2.92. The van der Waals surface area contributed by atoms with E-state index < -0.39 is 0 Å². The summed E-state index contributed by atoms with van der Waals surface area (Å²) in [6, 6.07) is 10.9. The summed E-state index contributed by atoms with van der Waals surface area (Å²) in [6.45, 7) is 8.95. The molecule has 23 heavy (non-hydrogen) atoms. The van der Waals surface area contributed by atoms with Gasteiger partial charge in [-0.25, -0.2) is 0 Å². The lowest BCUT2D eigenvalue weighted by Crippen LogP contribution is -2.43. The van der Waals surface area contributed by atoms with Crippen molar-refractivity contribution in [2.45, 2.75) is 19.9 Å². The summed E-state index contributed by atoms with van der Waals surface area (Å²) in [6.07, 6.45) is 3.11. The van der Waals surface area contributed by atoms with Gasteiger partial charge in [-0.1, -0.05) is 18.2 Å². The first kappa shape index (κ1) is 14.7. The SMILES string of the molecule is Cc1nccc2c3ccccc3n(CCCN3CCNCC3)c12. The highest BCUT2D eigenvalue weighted by atomic mass is 15.2. The predicted octanol–water partition coefficient (Wildman–Crippen LogP) is 2.79. The molecule has 0 unspecified atom stereocenters. The fourth-order valence-corrected chi connectivity index (χ4v) is 3.79. The van der Waals surface area contributed by atoms with Crippen LogP contribution < -0.4 is 5.32 Å². The summed E-state index contributed by atoms with van der Waals surface area (Å²) in [5.74, 6) is 0. The number of nitrogens with zero attached hydrogens (tertiary/aromatic N) is 3. The van der Waals surface area contributed by atoms with Crippen LogP contribution in [0.25, 0.3) is 21.8 Å². The van der Waals surface area contributed by atoms with Crippen molar-refractivity contribution in [2.75, 3.05) is 32.7 Å². The monoisotopic (exact) mass is 308 g/mol. The highest BCUT2D eigenvalue weighted by Crippen LogP contribution is 2.30. The van der Waals surface area contributed by atoms with Crippen LogP contribution in [-0.4, -0.2) is 47.2 Å². The summed E-state index contributed by atoms with van der Waals surface area (Å²) < 4.78 is 2.47. The third kappa shape index (κ3) is 2.73. The number of hydrogen-bond acceptors (Lipinski definition) is 3. The molecule has 0 spiro atoms. The number of nitrogens with one attached hydrogen (secondary N) is 1. The Bertz CT molecular complexity index is 815. The summed E-state index contributed by atoms with van der Waals surface area (Å²) >= 11 is 0. The van der Waals surface area contributed by atoms with Gasteiger partial charge in [0.05, 0.1) is 11.2 Å². The first-order valence-corrected chi connectivity index (χ1v) is 8.60. The van der Waals surface area contributed by atoms with E-state index in [0.29, 0.717) is 0 Å². The second kappa shape index (κ2) is 6.30. The Morgan fingerprint density at radius 1 is 1.04 bits per heavy atom. The second-order valence-corrected chi connectivity index (χ2v) is 6.41. The molecular formula is C19H24N4. The summed E-state index contributed by atoms with van der Waals surface area (Å²) in [4.78, 5) is 7.09. The molecule has 3 aromatic rings. The van der Waals surface area contributed by atoms with E-state index >= 15 is 0 Å². The second-order valence-electron chi connectivity index (χ2n) is 6.41. The minimum atomic E-state index is 1.06. The fourth-order valence-electron chi connectivity index (χ4n) is 3.79. The maximum Gasteiger partial charge on any atom is 0.0707 e. The van der Waals surface area contributed by atoms with E-state index in [2.05, 4.69) is 57.0 Å². The third-order valence-corrected chi connectivity index (χ3v) is 4.93. The molecule has 1 aromatic carbocycles. The standard InChI is InChI=1S/C19H24N4/c1-15-19-17(7-8-21-15)16-5-2-3-6-18(16)23(19)12-4-11-22-13-9-20-10-14-22/h2-3,5-8,20H,4,9-14H2,1H3. The molecule has 120 valence electrons. The average molecular weight is 308 g/mol. The Balaban J connectivity index is 1.64. The number of aromatic nitrogens is 2. The zero-order valence-electron chi connectivity index (χ0n) is 13.8. The molecule has 4 heteroatoms. The molecule has 1 N–H and O–H groups in total. The zero-order chi connectivity index (χ0) is 15.6. The maximum absolute atomic E-state index is 4.52. The molecule has 0 amide bonds. The minimum Gasteiger partial charge on any atom is -0.339 e. The first-order chi connectivity index (χ1) is 11.3. The van der Waals surface area contributed by atoms with Gasteiger partial charge in [-0.05, 0) is 32.0 Å². The zero-order valence-corrected chi connectivity index (χ0v) is 13.8. The smallest absolute Gasteiger partial charge is 0.0707 e. The van der Waals surface area contributed by atoms with Crippen LogP contribution in [0, 0.1) is 6.92 Å². The predicted molar refractivity (Wildman–Crippen MR) is 95.9 cm³/mol. The van der Waals surface area contributed by atoms with Crippen molar-refractivity contribution in [2.24, 2.45) is 0 Å². The van der Waals surface area contributed by atoms with Gasteiger partial charge >= 0.3 is 0 Å². The maximum atomic E-state index is 4.52. The van der Waals surface area contributed by atoms with Crippen LogP contribution in [0.2, 0.25) is 0 Å². The Morgan fingerprint density at radius 3 is 2.74 bits per heavy atom. The van der Waals surface area contributed by atoms with Crippen molar-refractivity contribution in [1.82, 2.24) is 19.8 Å². The summed E-state index contributed by atoms with van der Waals surface area (Å²) in [7, 11) is 0. The molecule has 4 rings (SSSR count). The van der Waals surface area contributed by atoms with Gasteiger partial charge < -0.3 is 14.8 Å². The summed E-state index contributed by atoms with van der Waals surface area (Å²) in [5, 5.41) is 6.09. The number of benzene rings is 1. The lowest BCUT2D eigenvalue weighted by atomic mass is 10.2. The molecule has 4 nitrogen and oxygen atoms in total. The van der Waals surface area contributed by atoms with E-state index in [4.69, 9.17) is 0 Å². The Kier molecular flexibility index (Phi) is 4.02. The van der Waals surface area contributed by atoms with Crippen LogP contribution in [0.4, 0.5) is 0 Å². The van der Waals surface area contributed by atoms with Crippen LogP contribution in [-0.2, 0) is 6.54 Å². The van der Waals surface area contributed by atoms with Gasteiger partial charge in [0.1, 0.15) is 0 Å². The van der Waals surface area contributed by atoms with Crippen molar-refractivity contribution in [3.05, 3.63) is 42.2 Å². The van der Waals surface area contributed by atoms with E-state index in [1.165, 1.54) is 47.9 Å². The molecule has 0 saturated carbocycles. The number of aryl methyl sites for hydroxylation is 2. The number of rotatable bonds is 4. The molecule has 0 radical (unpaired) electrons. The lowest BCUT2D eigenvalue weighted by Gasteiger charge is -2.27. The van der Waals surface area contributed by atoms with E-state index in [1.807, 2.05) is 6.20 Å². The highest BCUT2D eigenvalue weighted by molar-refractivity contribution is 6.08. The molecule has 1 fully saturated rings. The third-order valence-electron chi connectivity index (χ3n) is 4.93. The number of pyridine rings is 1. The molecule has 1 saturated heterocycles. The molecule has 3 heterocycles. The Labute approximate surface area is 137 Å². The number of piperazine rings is 1. The van der Waals surface area contributed by atoms with Crippen molar-refractivity contribution in [3.63, 3.8) is 0 Å². The van der Waals surface area contributed by atoms with Gasteiger partial charge in [-0.15, -0.1) is 0 Å². The van der Waals surface area contributed by atoms with Crippen molar-refractivity contribution in [1.29, 1.82) is 0 Å². The Hall–Kier alpha value is -1.91. The van der Waals surface area contributed by atoms with Gasteiger partial charge in [0.2, 0.25) is 0 Å². The fraction of sp³-hybridized carbons (Fsp3) is 0.421. The van der Waals surface area contributed by atoms with E-state index in [-0.39, 0.29) is 0 Å². The number of fused-ring (bicyclic) bond motifs is 3. The molecule has 0 atom stereocenters. The first-order valence-electron chi connectivity index (χ1n) is 8.60. The molecule has 1 aliphatic rings. The van der Waals surface area contributed by atoms with E-state index in [1.54, 1.807) is 0 Å². The Morgan fingerprint density at radius 2 is 1.87 bits per heavy atom. The molecule has 1 aliphatic heterocycles. The topological polar surface area (TPSA) is 33.1 Å². The van der Waals surface area contributed by atoms with Crippen molar-refractivity contribution < 1.29 is 0 Å². The molecular weight excluding hydrogens is 284 g/mol. The number of para-hydroxylation sites is 1. The van der Waals surface area contributed by atoms with Crippen LogP contribution in [0.15, 0.2) is 36.5 Å². The number of hydrogen-bond donors (Lipinski definition) is 1. The van der Waals surface area contributed by atoms with Gasteiger partial charge in [0.15, 0.2) is 0 Å². The van der Waals surface area contributed by atoms with Crippen LogP contribution in [0.5, 0.6) is 0 Å². The quantitative estimate of drug-likeness (QED) is 0.804. The van der Waals surface area contributed by atoms with E-state index in [0.717, 1.165) is 25.3 Å². The highest BCUT2D eigenvalue weighted by Gasteiger charge is 2.13. The molecule has 2 aromatic heterocycles. The minimum absolute atomic E-state index is 1.06. The molecule has 0 bridgehead atoms. The van der Waals surface area contributed by atoms with Gasteiger partial charge in [0, 0.05) is 55.2 Å². The van der Waals surface area contributed by atoms with Crippen LogP contribution in [0.1, 0.15) is 12.1 Å². The van der Waals surface area contributed by atoms with Crippen LogP contribution in [0.3, 0.4) is 0 Å².